The molecular weight excluding hydrogens is 408 g/mol. The van der Waals surface area contributed by atoms with E-state index in [2.05, 4.69) is 20.6 Å². The molecule has 32 heavy (non-hydrogen) atoms. The first-order valence-corrected chi connectivity index (χ1v) is 9.88. The van der Waals surface area contributed by atoms with Crippen LogP contribution in [0.25, 0.3) is 11.0 Å². The van der Waals surface area contributed by atoms with Crippen LogP contribution in [0.1, 0.15) is 33.2 Å². The zero-order valence-electron chi connectivity index (χ0n) is 17.2. The van der Waals surface area contributed by atoms with Crippen molar-refractivity contribution in [1.29, 1.82) is 0 Å². The largest absolute Gasteiger partial charge is 0.427 e. The Kier molecular flexibility index (Phi) is 5.94. The molecule has 8 heteroatoms. The number of anilines is 1. The quantitative estimate of drug-likeness (QED) is 0.320. The molecule has 0 spiro atoms. The summed E-state index contributed by atoms with van der Waals surface area (Å²) in [5, 5.41) is 5.67. The number of rotatable bonds is 6. The number of nitrogens with one attached hydrogen (secondary N) is 3. The number of H-pyrrole nitrogens is 1. The Bertz CT molecular complexity index is 1290. The predicted molar refractivity (Wildman–Crippen MR) is 119 cm³/mol. The highest BCUT2D eigenvalue weighted by Crippen LogP contribution is 2.16. The van der Waals surface area contributed by atoms with Crippen molar-refractivity contribution in [1.82, 2.24) is 15.3 Å². The van der Waals surface area contributed by atoms with Gasteiger partial charge in [-0.05, 0) is 54.1 Å². The van der Waals surface area contributed by atoms with E-state index < -0.39 is 5.97 Å². The monoisotopic (exact) mass is 428 g/mol. The molecule has 0 aliphatic carbocycles. The van der Waals surface area contributed by atoms with Gasteiger partial charge < -0.3 is 20.4 Å². The fourth-order valence-electron chi connectivity index (χ4n) is 3.14. The topological polar surface area (TPSA) is 113 Å². The van der Waals surface area contributed by atoms with Gasteiger partial charge in [0.05, 0.1) is 17.4 Å². The summed E-state index contributed by atoms with van der Waals surface area (Å²) in [5.41, 5.74) is 4.01. The second-order valence-electron chi connectivity index (χ2n) is 7.09. The normalized spacial score (nSPS) is 10.5. The van der Waals surface area contributed by atoms with Gasteiger partial charge >= 0.3 is 5.97 Å². The van der Waals surface area contributed by atoms with Gasteiger partial charge in [-0.15, -0.1) is 0 Å². The number of carbonyl (C=O) groups excluding carboxylic acids is 3. The van der Waals surface area contributed by atoms with Crippen molar-refractivity contribution in [3.63, 3.8) is 0 Å². The summed E-state index contributed by atoms with van der Waals surface area (Å²) in [5.74, 6) is -0.644. The van der Waals surface area contributed by atoms with E-state index in [0.717, 1.165) is 16.6 Å². The van der Waals surface area contributed by atoms with Crippen LogP contribution in [0.3, 0.4) is 0 Å². The Morgan fingerprint density at radius 1 is 0.938 bits per heavy atom. The molecule has 0 saturated heterocycles. The zero-order chi connectivity index (χ0) is 22.5. The number of amides is 2. The maximum absolute atomic E-state index is 12.5. The summed E-state index contributed by atoms with van der Waals surface area (Å²) in [4.78, 5) is 43.1. The van der Waals surface area contributed by atoms with Gasteiger partial charge in [-0.25, -0.2) is 4.98 Å². The van der Waals surface area contributed by atoms with Crippen molar-refractivity contribution < 1.29 is 19.1 Å². The number of imidazole rings is 1. The second-order valence-corrected chi connectivity index (χ2v) is 7.09. The lowest BCUT2D eigenvalue weighted by atomic mass is 10.1. The van der Waals surface area contributed by atoms with Gasteiger partial charge in [0, 0.05) is 30.3 Å². The number of aromatic nitrogens is 2. The van der Waals surface area contributed by atoms with Crippen molar-refractivity contribution in [2.75, 3.05) is 5.32 Å². The van der Waals surface area contributed by atoms with E-state index >= 15 is 0 Å². The number of nitrogens with zero attached hydrogens (tertiary/aromatic N) is 1. The van der Waals surface area contributed by atoms with E-state index in [1.54, 1.807) is 54.9 Å². The number of esters is 1. The van der Waals surface area contributed by atoms with E-state index in [1.807, 2.05) is 12.1 Å². The number of fused-ring (bicyclic) bond motifs is 1. The van der Waals surface area contributed by atoms with Crippen LogP contribution in [0.4, 0.5) is 5.69 Å². The molecule has 0 bridgehead atoms. The lowest BCUT2D eigenvalue weighted by Gasteiger charge is -2.09. The summed E-state index contributed by atoms with van der Waals surface area (Å²) < 4.78 is 5.00. The molecular formula is C24H20N4O4. The van der Waals surface area contributed by atoms with Crippen LogP contribution in [0.2, 0.25) is 0 Å². The molecule has 0 aliphatic rings. The van der Waals surface area contributed by atoms with Gasteiger partial charge in [0.25, 0.3) is 11.8 Å². The molecule has 160 valence electrons. The number of hydrogen-bond donors (Lipinski definition) is 3. The Morgan fingerprint density at radius 2 is 1.72 bits per heavy atom. The lowest BCUT2D eigenvalue weighted by Crippen LogP contribution is -2.22. The minimum atomic E-state index is -0.448. The Labute approximate surface area is 183 Å². The predicted octanol–water partition coefficient (Wildman–Crippen LogP) is 3.67. The van der Waals surface area contributed by atoms with Crippen LogP contribution >= 0.6 is 0 Å². The summed E-state index contributed by atoms with van der Waals surface area (Å²) in [6.07, 6.45) is 1.58. The molecule has 0 unspecified atom stereocenters. The molecule has 3 aromatic carbocycles. The van der Waals surface area contributed by atoms with Gasteiger partial charge in [0.15, 0.2) is 0 Å². The van der Waals surface area contributed by atoms with E-state index in [0.29, 0.717) is 29.1 Å². The molecule has 0 aliphatic heterocycles. The Hall–Kier alpha value is -4.46. The summed E-state index contributed by atoms with van der Waals surface area (Å²) in [6, 6.07) is 18.9. The average molecular weight is 428 g/mol. The molecule has 1 aromatic heterocycles. The fourth-order valence-corrected chi connectivity index (χ4v) is 3.14. The highest BCUT2D eigenvalue weighted by Gasteiger charge is 2.10. The molecule has 1 heterocycles. The smallest absolute Gasteiger partial charge is 0.308 e. The molecule has 0 fully saturated rings. The van der Waals surface area contributed by atoms with Crippen molar-refractivity contribution in [3.05, 3.63) is 89.7 Å². The van der Waals surface area contributed by atoms with Crippen LogP contribution in [0.15, 0.2) is 73.1 Å². The van der Waals surface area contributed by atoms with Gasteiger partial charge in [0.1, 0.15) is 5.75 Å². The number of hydrogen-bond acceptors (Lipinski definition) is 5. The Morgan fingerprint density at radius 3 is 2.50 bits per heavy atom. The lowest BCUT2D eigenvalue weighted by molar-refractivity contribution is -0.131. The van der Waals surface area contributed by atoms with Crippen LogP contribution in [-0.4, -0.2) is 27.8 Å². The first kappa shape index (κ1) is 20.8. The highest BCUT2D eigenvalue weighted by atomic mass is 16.5. The molecule has 4 aromatic rings. The number of ether oxygens (including phenoxy) is 1. The van der Waals surface area contributed by atoms with E-state index in [9.17, 15) is 14.4 Å². The van der Waals surface area contributed by atoms with Crippen molar-refractivity contribution in [3.8, 4) is 5.75 Å². The third-order valence-electron chi connectivity index (χ3n) is 4.71. The maximum atomic E-state index is 12.5. The SMILES string of the molecule is CC(=O)Oc1cccc(C(=O)NCc2ccc(NC(=O)c3ccc4nc[nH]c4c3)cc2)c1. The van der Waals surface area contributed by atoms with E-state index in [-0.39, 0.29) is 11.8 Å². The van der Waals surface area contributed by atoms with E-state index in [1.165, 1.54) is 13.0 Å². The van der Waals surface area contributed by atoms with Gasteiger partial charge in [-0.3, -0.25) is 14.4 Å². The van der Waals surface area contributed by atoms with Gasteiger partial charge in [-0.2, -0.15) is 0 Å². The van der Waals surface area contributed by atoms with Crippen molar-refractivity contribution in [2.45, 2.75) is 13.5 Å². The molecule has 3 N–H and O–H groups in total. The standard InChI is InChI=1S/C24H20N4O4/c1-15(29)32-20-4-2-3-17(11-20)23(30)25-13-16-5-8-19(9-6-16)28-24(31)18-7-10-21-22(12-18)27-14-26-21/h2-12,14H,13H2,1H3,(H,25,30)(H,26,27)(H,28,31). The van der Waals surface area contributed by atoms with Crippen molar-refractivity contribution >= 4 is 34.5 Å². The molecule has 0 atom stereocenters. The van der Waals surface area contributed by atoms with Crippen LogP contribution in [-0.2, 0) is 11.3 Å². The van der Waals surface area contributed by atoms with Crippen molar-refractivity contribution in [2.24, 2.45) is 0 Å². The van der Waals surface area contributed by atoms with Crippen LogP contribution in [0, 0.1) is 0 Å². The van der Waals surface area contributed by atoms with Gasteiger partial charge in [0.2, 0.25) is 0 Å². The molecule has 0 radical (unpaired) electrons. The first-order valence-electron chi connectivity index (χ1n) is 9.88. The molecule has 4 rings (SSSR count). The average Bonchev–Trinajstić information content (AvgIpc) is 3.26. The van der Waals surface area contributed by atoms with Gasteiger partial charge in [-0.1, -0.05) is 18.2 Å². The van der Waals surface area contributed by atoms with Crippen LogP contribution < -0.4 is 15.4 Å². The second kappa shape index (κ2) is 9.13. The molecule has 8 nitrogen and oxygen atoms in total. The number of benzene rings is 3. The van der Waals surface area contributed by atoms with E-state index in [4.69, 9.17) is 4.74 Å². The minimum absolute atomic E-state index is 0.227. The zero-order valence-corrected chi connectivity index (χ0v) is 17.2. The number of aromatic amines is 1. The maximum Gasteiger partial charge on any atom is 0.308 e. The number of carbonyl (C=O) groups is 3. The summed E-state index contributed by atoms with van der Waals surface area (Å²) in [7, 11) is 0. The third kappa shape index (κ3) is 4.99. The van der Waals surface area contributed by atoms with Crippen LogP contribution in [0.5, 0.6) is 5.75 Å². The molecule has 2 amide bonds. The summed E-state index contributed by atoms with van der Waals surface area (Å²) >= 11 is 0. The fraction of sp³-hybridized carbons (Fsp3) is 0.0833. The third-order valence-corrected chi connectivity index (χ3v) is 4.71. The highest BCUT2D eigenvalue weighted by molar-refractivity contribution is 6.05. The minimum Gasteiger partial charge on any atom is -0.427 e. The first-order chi connectivity index (χ1) is 15.5. The summed E-state index contributed by atoms with van der Waals surface area (Å²) in [6.45, 7) is 1.61. The Balaban J connectivity index is 1.34. The molecule has 0 saturated carbocycles.